The molecule has 0 radical (unpaired) electrons. The van der Waals surface area contributed by atoms with Gasteiger partial charge >= 0.3 is 0 Å². The molecule has 0 aliphatic rings. The molecule has 2 heteroatoms. The fourth-order valence-electron chi connectivity index (χ4n) is 1.93. The van der Waals surface area contributed by atoms with Crippen molar-refractivity contribution in [2.24, 2.45) is 5.92 Å². The second-order valence-electron chi connectivity index (χ2n) is 5.09. The molecule has 0 spiro atoms. The monoisotopic (exact) mass is 297 g/mol. The minimum Gasteiger partial charge on any atom is -0.310 e. The highest BCUT2D eigenvalue weighted by atomic mass is 79.9. The summed E-state index contributed by atoms with van der Waals surface area (Å²) in [4.78, 5) is 0. The van der Waals surface area contributed by atoms with E-state index >= 15 is 0 Å². The van der Waals surface area contributed by atoms with Gasteiger partial charge in [0.1, 0.15) is 0 Å². The number of hydrogen-bond acceptors (Lipinski definition) is 1. The third-order valence-electron chi connectivity index (χ3n) is 3.03. The Morgan fingerprint density at radius 3 is 2.47 bits per heavy atom. The van der Waals surface area contributed by atoms with E-state index in [-0.39, 0.29) is 0 Å². The molecule has 96 valence electrons. The summed E-state index contributed by atoms with van der Waals surface area (Å²) in [6.45, 7) is 7.91. The lowest BCUT2D eigenvalue weighted by molar-refractivity contribution is 0.497. The van der Waals surface area contributed by atoms with Gasteiger partial charge in [0.15, 0.2) is 0 Å². The van der Waals surface area contributed by atoms with Gasteiger partial charge in [-0.1, -0.05) is 60.8 Å². The Morgan fingerprint density at radius 2 is 1.82 bits per heavy atom. The minimum absolute atomic E-state index is 0.421. The zero-order valence-corrected chi connectivity index (χ0v) is 12.8. The summed E-state index contributed by atoms with van der Waals surface area (Å²) >= 11 is 3.60. The highest BCUT2D eigenvalue weighted by Gasteiger charge is 2.07. The summed E-state index contributed by atoms with van der Waals surface area (Å²) in [5.41, 5.74) is 1.34. The molecule has 0 aliphatic heterocycles. The van der Waals surface area contributed by atoms with Crippen LogP contribution in [-0.2, 0) is 0 Å². The van der Waals surface area contributed by atoms with Crippen LogP contribution in [-0.4, -0.2) is 6.54 Å². The van der Waals surface area contributed by atoms with Crippen molar-refractivity contribution in [1.82, 2.24) is 5.32 Å². The second kappa shape index (κ2) is 7.88. The average Bonchev–Trinajstić information content (AvgIpc) is 2.28. The van der Waals surface area contributed by atoms with Crippen LogP contribution >= 0.6 is 15.9 Å². The van der Waals surface area contributed by atoms with Crippen LogP contribution in [0.3, 0.4) is 0 Å². The van der Waals surface area contributed by atoms with E-state index in [0.29, 0.717) is 6.04 Å². The molecule has 1 rings (SSSR count). The van der Waals surface area contributed by atoms with E-state index < -0.39 is 0 Å². The van der Waals surface area contributed by atoms with Crippen LogP contribution in [0.25, 0.3) is 0 Å². The normalized spacial score (nSPS) is 13.0. The van der Waals surface area contributed by atoms with Crippen molar-refractivity contribution >= 4 is 15.9 Å². The van der Waals surface area contributed by atoms with Gasteiger partial charge in [0.05, 0.1) is 0 Å². The van der Waals surface area contributed by atoms with Crippen molar-refractivity contribution in [1.29, 1.82) is 0 Å². The number of rotatable bonds is 7. The molecule has 1 atom stereocenters. The minimum atomic E-state index is 0.421. The summed E-state index contributed by atoms with van der Waals surface area (Å²) in [6, 6.07) is 8.85. The van der Waals surface area contributed by atoms with Gasteiger partial charge in [-0.05, 0) is 37.4 Å². The Hall–Kier alpha value is -0.340. The second-order valence-corrected chi connectivity index (χ2v) is 5.94. The van der Waals surface area contributed by atoms with Gasteiger partial charge in [-0.15, -0.1) is 0 Å². The molecule has 0 heterocycles. The molecule has 0 amide bonds. The highest BCUT2D eigenvalue weighted by Crippen LogP contribution is 2.22. The van der Waals surface area contributed by atoms with Crippen LogP contribution in [0.4, 0.5) is 0 Å². The van der Waals surface area contributed by atoms with Gasteiger partial charge in [0.25, 0.3) is 0 Å². The van der Waals surface area contributed by atoms with E-state index in [0.717, 1.165) is 12.5 Å². The SMILES string of the molecule is CC(C)CCCCNC(C)c1ccccc1Br. The molecule has 1 nitrogen and oxygen atoms in total. The van der Waals surface area contributed by atoms with Crippen LogP contribution in [0.2, 0.25) is 0 Å². The van der Waals surface area contributed by atoms with Crippen LogP contribution in [0.5, 0.6) is 0 Å². The Morgan fingerprint density at radius 1 is 1.12 bits per heavy atom. The largest absolute Gasteiger partial charge is 0.310 e. The average molecular weight is 298 g/mol. The lowest BCUT2D eigenvalue weighted by Gasteiger charge is -2.15. The summed E-state index contributed by atoms with van der Waals surface area (Å²) in [5, 5.41) is 3.58. The maximum atomic E-state index is 3.60. The zero-order valence-electron chi connectivity index (χ0n) is 11.2. The molecule has 1 aromatic carbocycles. The van der Waals surface area contributed by atoms with Crippen LogP contribution in [0.1, 0.15) is 51.6 Å². The lowest BCUT2D eigenvalue weighted by atomic mass is 10.1. The van der Waals surface area contributed by atoms with E-state index in [4.69, 9.17) is 0 Å². The molecule has 0 aromatic heterocycles. The Bertz CT molecular complexity index is 322. The first-order valence-corrected chi connectivity index (χ1v) is 7.38. The van der Waals surface area contributed by atoms with E-state index in [9.17, 15) is 0 Å². The first kappa shape index (κ1) is 14.7. The number of nitrogens with one attached hydrogen (secondary N) is 1. The van der Waals surface area contributed by atoms with E-state index in [1.54, 1.807) is 0 Å². The van der Waals surface area contributed by atoms with E-state index in [1.165, 1.54) is 29.3 Å². The van der Waals surface area contributed by atoms with Gasteiger partial charge in [-0.3, -0.25) is 0 Å². The number of benzene rings is 1. The first-order chi connectivity index (χ1) is 8.11. The molecular weight excluding hydrogens is 274 g/mol. The zero-order chi connectivity index (χ0) is 12.7. The quantitative estimate of drug-likeness (QED) is 0.704. The van der Waals surface area contributed by atoms with Crippen molar-refractivity contribution in [3.63, 3.8) is 0 Å². The Balaban J connectivity index is 2.26. The van der Waals surface area contributed by atoms with Gasteiger partial charge in [0, 0.05) is 10.5 Å². The van der Waals surface area contributed by atoms with E-state index in [1.807, 2.05) is 0 Å². The van der Waals surface area contributed by atoms with Crippen molar-refractivity contribution in [3.05, 3.63) is 34.3 Å². The summed E-state index contributed by atoms with van der Waals surface area (Å²) in [5.74, 6) is 0.829. The molecule has 1 N–H and O–H groups in total. The topological polar surface area (TPSA) is 12.0 Å². The Kier molecular flexibility index (Phi) is 6.83. The lowest BCUT2D eigenvalue weighted by Crippen LogP contribution is -2.20. The highest BCUT2D eigenvalue weighted by molar-refractivity contribution is 9.10. The van der Waals surface area contributed by atoms with Gasteiger partial charge < -0.3 is 5.32 Å². The molecule has 0 saturated heterocycles. The molecule has 0 saturated carbocycles. The number of unbranched alkanes of at least 4 members (excludes halogenated alkanes) is 1. The third kappa shape index (κ3) is 5.69. The van der Waals surface area contributed by atoms with Crippen LogP contribution in [0, 0.1) is 5.92 Å². The number of hydrogen-bond donors (Lipinski definition) is 1. The molecule has 17 heavy (non-hydrogen) atoms. The maximum absolute atomic E-state index is 3.60. The molecule has 0 fully saturated rings. The fraction of sp³-hybridized carbons (Fsp3) is 0.600. The Labute approximate surface area is 114 Å². The molecule has 0 aliphatic carbocycles. The number of halogens is 1. The fourth-order valence-corrected chi connectivity index (χ4v) is 2.56. The van der Waals surface area contributed by atoms with Gasteiger partial charge in [0.2, 0.25) is 0 Å². The summed E-state index contributed by atoms with van der Waals surface area (Å²) < 4.78 is 1.20. The van der Waals surface area contributed by atoms with Crippen molar-refractivity contribution in [2.75, 3.05) is 6.54 Å². The van der Waals surface area contributed by atoms with Crippen molar-refractivity contribution in [3.8, 4) is 0 Å². The van der Waals surface area contributed by atoms with Gasteiger partial charge in [-0.25, -0.2) is 0 Å². The molecule has 0 bridgehead atoms. The van der Waals surface area contributed by atoms with Crippen LogP contribution in [0.15, 0.2) is 28.7 Å². The first-order valence-electron chi connectivity index (χ1n) is 6.59. The predicted octanol–water partition coefficient (Wildman–Crippen LogP) is 4.93. The van der Waals surface area contributed by atoms with Crippen molar-refractivity contribution < 1.29 is 0 Å². The van der Waals surface area contributed by atoms with Crippen LogP contribution < -0.4 is 5.32 Å². The van der Waals surface area contributed by atoms with E-state index in [2.05, 4.69) is 66.3 Å². The smallest absolute Gasteiger partial charge is 0.0302 e. The predicted molar refractivity (Wildman–Crippen MR) is 79.2 cm³/mol. The molecule has 1 unspecified atom stereocenters. The molecular formula is C15H24BrN. The summed E-state index contributed by atoms with van der Waals surface area (Å²) in [6.07, 6.45) is 3.94. The standard InChI is InChI=1S/C15H24BrN/c1-12(2)8-6-7-11-17-13(3)14-9-4-5-10-15(14)16/h4-5,9-10,12-13,17H,6-8,11H2,1-3H3. The van der Waals surface area contributed by atoms with Crippen molar-refractivity contribution in [2.45, 2.75) is 46.1 Å². The summed E-state index contributed by atoms with van der Waals surface area (Å²) in [7, 11) is 0. The van der Waals surface area contributed by atoms with Gasteiger partial charge in [-0.2, -0.15) is 0 Å². The third-order valence-corrected chi connectivity index (χ3v) is 3.75. The maximum Gasteiger partial charge on any atom is 0.0302 e. The molecule has 1 aromatic rings.